The first-order valence-corrected chi connectivity index (χ1v) is 5.58. The molecule has 0 atom stereocenters. The molecule has 0 amide bonds. The van der Waals surface area contributed by atoms with Gasteiger partial charge in [0.2, 0.25) is 0 Å². The van der Waals surface area contributed by atoms with Gasteiger partial charge in [-0.3, -0.25) is 4.99 Å². The van der Waals surface area contributed by atoms with Gasteiger partial charge in [-0.15, -0.1) is 0 Å². The van der Waals surface area contributed by atoms with Crippen molar-refractivity contribution in [3.8, 4) is 0 Å². The average Bonchev–Trinajstić information content (AvgIpc) is 2.38. The molecule has 0 aromatic heterocycles. The molecular weight excluding hydrogens is 194 g/mol. The molecule has 0 saturated heterocycles. The Morgan fingerprint density at radius 3 is 2.00 bits per heavy atom. The molecule has 1 nitrogen and oxygen atoms in total. The summed E-state index contributed by atoms with van der Waals surface area (Å²) in [7, 11) is 0. The lowest BCUT2D eigenvalue weighted by Gasteiger charge is -2.03. The predicted molar refractivity (Wildman–Crippen MR) is 69.4 cm³/mol. The number of hydrogen-bond acceptors (Lipinski definition) is 1. The molecule has 0 saturated carbocycles. The van der Waals surface area contributed by atoms with Crippen LogP contribution in [0.4, 0.5) is 5.69 Å². The maximum atomic E-state index is 4.66. The zero-order valence-electron chi connectivity index (χ0n) is 9.43. The zero-order valence-corrected chi connectivity index (χ0v) is 9.43. The third kappa shape index (κ3) is 2.57. The van der Waals surface area contributed by atoms with Crippen molar-refractivity contribution >= 4 is 11.4 Å². The number of aliphatic imine (C=N–C) groups is 1. The summed E-state index contributed by atoms with van der Waals surface area (Å²) in [6, 6.07) is 20.4. The van der Waals surface area contributed by atoms with E-state index < -0.39 is 0 Å². The van der Waals surface area contributed by atoms with E-state index in [1.165, 1.54) is 5.56 Å². The molecule has 0 bridgehead atoms. The SMILES string of the molecule is CCC(=Nc1ccccc1)c1ccccc1. The average molecular weight is 209 g/mol. The first kappa shape index (κ1) is 10.6. The van der Waals surface area contributed by atoms with Crippen LogP contribution >= 0.6 is 0 Å². The summed E-state index contributed by atoms with van der Waals surface area (Å²) in [5.41, 5.74) is 3.35. The highest BCUT2D eigenvalue weighted by atomic mass is 14.7. The largest absolute Gasteiger partial charge is 0.253 e. The van der Waals surface area contributed by atoms with Crippen molar-refractivity contribution in [1.29, 1.82) is 0 Å². The quantitative estimate of drug-likeness (QED) is 0.671. The van der Waals surface area contributed by atoms with Crippen molar-refractivity contribution < 1.29 is 0 Å². The molecule has 0 heterocycles. The van der Waals surface area contributed by atoms with Crippen LogP contribution in [0.1, 0.15) is 18.9 Å². The first-order valence-electron chi connectivity index (χ1n) is 5.58. The van der Waals surface area contributed by atoms with E-state index in [0.29, 0.717) is 0 Å². The van der Waals surface area contributed by atoms with Gasteiger partial charge in [0.05, 0.1) is 5.69 Å². The summed E-state index contributed by atoms with van der Waals surface area (Å²) >= 11 is 0. The number of hydrogen-bond donors (Lipinski definition) is 0. The van der Waals surface area contributed by atoms with Gasteiger partial charge in [0.25, 0.3) is 0 Å². The molecule has 1 heteroatoms. The van der Waals surface area contributed by atoms with Crippen LogP contribution in [0.15, 0.2) is 65.7 Å². The van der Waals surface area contributed by atoms with Gasteiger partial charge in [-0.05, 0) is 24.1 Å². The molecule has 0 aliphatic carbocycles. The Bertz CT molecular complexity index is 457. The van der Waals surface area contributed by atoms with Gasteiger partial charge in [-0.25, -0.2) is 0 Å². The molecule has 0 aliphatic rings. The molecular formula is C15H15N. The topological polar surface area (TPSA) is 12.4 Å². The van der Waals surface area contributed by atoms with E-state index in [1.54, 1.807) is 0 Å². The maximum Gasteiger partial charge on any atom is 0.0633 e. The Labute approximate surface area is 96.5 Å². The van der Waals surface area contributed by atoms with Gasteiger partial charge < -0.3 is 0 Å². The highest BCUT2D eigenvalue weighted by Gasteiger charge is 1.99. The summed E-state index contributed by atoms with van der Waals surface area (Å²) in [5.74, 6) is 0. The molecule has 0 fully saturated rings. The third-order valence-electron chi connectivity index (χ3n) is 2.46. The summed E-state index contributed by atoms with van der Waals surface area (Å²) in [6.45, 7) is 2.13. The second-order valence-corrected chi connectivity index (χ2v) is 3.61. The number of nitrogens with zero attached hydrogens (tertiary/aromatic N) is 1. The molecule has 0 spiro atoms. The van der Waals surface area contributed by atoms with Gasteiger partial charge >= 0.3 is 0 Å². The van der Waals surface area contributed by atoms with E-state index in [4.69, 9.17) is 0 Å². The second-order valence-electron chi connectivity index (χ2n) is 3.61. The van der Waals surface area contributed by atoms with Crippen molar-refractivity contribution in [1.82, 2.24) is 0 Å². The summed E-state index contributed by atoms with van der Waals surface area (Å²) in [6.07, 6.45) is 0.943. The zero-order chi connectivity index (χ0) is 11.2. The van der Waals surface area contributed by atoms with Crippen molar-refractivity contribution in [2.24, 2.45) is 4.99 Å². The van der Waals surface area contributed by atoms with Crippen molar-refractivity contribution in [2.45, 2.75) is 13.3 Å². The lowest BCUT2D eigenvalue weighted by Crippen LogP contribution is -1.97. The highest BCUT2D eigenvalue weighted by molar-refractivity contribution is 6.01. The van der Waals surface area contributed by atoms with Crippen LogP contribution < -0.4 is 0 Å². The third-order valence-corrected chi connectivity index (χ3v) is 2.46. The highest BCUT2D eigenvalue weighted by Crippen LogP contribution is 2.14. The standard InChI is InChI=1S/C15H15N/c1-2-15(13-9-5-3-6-10-13)16-14-11-7-4-8-12-14/h3-12H,2H2,1H3. The Hall–Kier alpha value is -1.89. The molecule has 0 N–H and O–H groups in total. The lowest BCUT2D eigenvalue weighted by molar-refractivity contribution is 1.26. The molecule has 0 unspecified atom stereocenters. The van der Waals surface area contributed by atoms with E-state index in [2.05, 4.69) is 24.0 Å². The maximum absolute atomic E-state index is 4.66. The molecule has 2 aromatic carbocycles. The summed E-state index contributed by atoms with van der Waals surface area (Å²) < 4.78 is 0. The fourth-order valence-electron chi connectivity index (χ4n) is 1.64. The van der Waals surface area contributed by atoms with Gasteiger partial charge in [0.15, 0.2) is 0 Å². The van der Waals surface area contributed by atoms with Gasteiger partial charge in [0.1, 0.15) is 0 Å². The minimum absolute atomic E-state index is 0.943. The Morgan fingerprint density at radius 1 is 0.875 bits per heavy atom. The lowest BCUT2D eigenvalue weighted by atomic mass is 10.1. The van der Waals surface area contributed by atoms with Crippen LogP contribution in [0.3, 0.4) is 0 Å². The number of rotatable bonds is 3. The van der Waals surface area contributed by atoms with Crippen LogP contribution in [0, 0.1) is 0 Å². The van der Waals surface area contributed by atoms with Gasteiger partial charge in [-0.2, -0.15) is 0 Å². The summed E-state index contributed by atoms with van der Waals surface area (Å²) in [4.78, 5) is 4.66. The van der Waals surface area contributed by atoms with Crippen LogP contribution in [-0.4, -0.2) is 5.71 Å². The monoisotopic (exact) mass is 209 g/mol. The first-order chi connectivity index (χ1) is 7.90. The fourth-order valence-corrected chi connectivity index (χ4v) is 1.64. The molecule has 80 valence electrons. The molecule has 0 aliphatic heterocycles. The smallest absolute Gasteiger partial charge is 0.0633 e. The van der Waals surface area contributed by atoms with Crippen LogP contribution in [0.2, 0.25) is 0 Å². The molecule has 16 heavy (non-hydrogen) atoms. The minimum Gasteiger partial charge on any atom is -0.253 e. The van der Waals surface area contributed by atoms with Crippen molar-refractivity contribution in [2.75, 3.05) is 0 Å². The second kappa shape index (κ2) is 5.26. The Kier molecular flexibility index (Phi) is 3.50. The van der Waals surface area contributed by atoms with Crippen LogP contribution in [0.5, 0.6) is 0 Å². The Morgan fingerprint density at radius 2 is 1.44 bits per heavy atom. The van der Waals surface area contributed by atoms with E-state index in [9.17, 15) is 0 Å². The number of benzene rings is 2. The molecule has 0 radical (unpaired) electrons. The van der Waals surface area contributed by atoms with Crippen LogP contribution in [-0.2, 0) is 0 Å². The van der Waals surface area contributed by atoms with E-state index in [1.807, 2.05) is 48.5 Å². The fraction of sp³-hybridized carbons (Fsp3) is 0.133. The van der Waals surface area contributed by atoms with E-state index in [-0.39, 0.29) is 0 Å². The Balaban J connectivity index is 2.34. The summed E-state index contributed by atoms with van der Waals surface area (Å²) in [5, 5.41) is 0. The number of para-hydroxylation sites is 1. The van der Waals surface area contributed by atoms with Gasteiger partial charge in [-0.1, -0.05) is 55.5 Å². The van der Waals surface area contributed by atoms with Crippen molar-refractivity contribution in [3.63, 3.8) is 0 Å². The normalized spacial score (nSPS) is 11.4. The molecule has 2 aromatic rings. The van der Waals surface area contributed by atoms with E-state index in [0.717, 1.165) is 17.8 Å². The van der Waals surface area contributed by atoms with Crippen LogP contribution in [0.25, 0.3) is 0 Å². The van der Waals surface area contributed by atoms with Crippen molar-refractivity contribution in [3.05, 3.63) is 66.2 Å². The minimum atomic E-state index is 0.943. The van der Waals surface area contributed by atoms with E-state index >= 15 is 0 Å². The predicted octanol–water partition coefficient (Wildman–Crippen LogP) is 4.22. The molecule has 2 rings (SSSR count). The van der Waals surface area contributed by atoms with Gasteiger partial charge in [0, 0.05) is 5.71 Å².